The topological polar surface area (TPSA) is 34.1 Å². The Labute approximate surface area is 78.3 Å². The summed E-state index contributed by atoms with van der Waals surface area (Å²) >= 11 is 0. The molecule has 0 amide bonds. The molecule has 0 aromatic heterocycles. The minimum absolute atomic E-state index is 0.00574. The quantitative estimate of drug-likeness (QED) is 0.489. The van der Waals surface area contributed by atoms with Crippen molar-refractivity contribution < 1.29 is 9.59 Å². The molecule has 2 heteroatoms. The number of carbonyl (C=O) groups excluding carboxylic acids is 2. The third-order valence-corrected chi connectivity index (χ3v) is 2.40. The fraction of sp³-hybridized carbons (Fsp3) is 0.455. The fourth-order valence-corrected chi connectivity index (χ4v) is 1.62. The minimum Gasteiger partial charge on any atom is -0.303 e. The molecule has 0 heterocycles. The summed E-state index contributed by atoms with van der Waals surface area (Å²) in [5.74, 6) is 0.00574. The van der Waals surface area contributed by atoms with E-state index in [2.05, 4.69) is 0 Å². The Morgan fingerprint density at radius 1 is 1.69 bits per heavy atom. The van der Waals surface area contributed by atoms with Crippen LogP contribution in [0.25, 0.3) is 0 Å². The normalized spacial score (nSPS) is 26.8. The Morgan fingerprint density at radius 3 is 2.92 bits per heavy atom. The van der Waals surface area contributed by atoms with E-state index >= 15 is 0 Å². The Morgan fingerprint density at radius 2 is 2.38 bits per heavy atom. The summed E-state index contributed by atoms with van der Waals surface area (Å²) in [6.07, 6.45) is 7.20. The van der Waals surface area contributed by atoms with Crippen LogP contribution in [0, 0.1) is 5.41 Å². The molecule has 0 N–H and O–H groups in total. The molecule has 1 aliphatic rings. The van der Waals surface area contributed by atoms with Crippen LogP contribution in [0.1, 0.15) is 26.7 Å². The van der Waals surface area contributed by atoms with Crippen molar-refractivity contribution in [2.45, 2.75) is 26.7 Å². The molecule has 1 atom stereocenters. The van der Waals surface area contributed by atoms with Crippen molar-refractivity contribution in [2.24, 2.45) is 5.41 Å². The zero-order valence-corrected chi connectivity index (χ0v) is 8.04. The van der Waals surface area contributed by atoms with Gasteiger partial charge in [0.15, 0.2) is 0 Å². The maximum Gasteiger partial charge on any atom is 0.149 e. The van der Waals surface area contributed by atoms with Gasteiger partial charge in [0.2, 0.25) is 0 Å². The van der Waals surface area contributed by atoms with Crippen molar-refractivity contribution >= 4 is 12.1 Å². The maximum absolute atomic E-state index is 11.6. The molecule has 0 aromatic rings. The number of ketones is 1. The predicted molar refractivity (Wildman–Crippen MR) is 51.3 cm³/mol. The summed E-state index contributed by atoms with van der Waals surface area (Å²) in [6.45, 7) is 3.88. The first-order valence-corrected chi connectivity index (χ1v) is 4.40. The van der Waals surface area contributed by atoms with Crippen LogP contribution >= 0.6 is 0 Å². The van der Waals surface area contributed by atoms with Crippen LogP contribution in [0.3, 0.4) is 0 Å². The molecule has 70 valence electrons. The van der Waals surface area contributed by atoms with E-state index in [4.69, 9.17) is 0 Å². The number of aldehydes is 1. The summed E-state index contributed by atoms with van der Waals surface area (Å²) in [6, 6.07) is 0. The predicted octanol–water partition coefficient (Wildman–Crippen LogP) is 2.06. The highest BCUT2D eigenvalue weighted by atomic mass is 16.1. The lowest BCUT2D eigenvalue weighted by molar-refractivity contribution is -0.127. The van der Waals surface area contributed by atoms with Crippen molar-refractivity contribution in [1.82, 2.24) is 0 Å². The number of hydrogen-bond acceptors (Lipinski definition) is 2. The minimum atomic E-state index is -0.459. The summed E-state index contributed by atoms with van der Waals surface area (Å²) in [7, 11) is 0. The van der Waals surface area contributed by atoms with Crippen LogP contribution in [0.5, 0.6) is 0 Å². The van der Waals surface area contributed by atoms with Crippen LogP contribution in [0.15, 0.2) is 23.8 Å². The second-order valence-corrected chi connectivity index (χ2v) is 3.76. The zero-order chi connectivity index (χ0) is 9.90. The fourth-order valence-electron chi connectivity index (χ4n) is 1.62. The average Bonchev–Trinajstić information content (AvgIpc) is 2.04. The molecule has 0 saturated carbocycles. The van der Waals surface area contributed by atoms with Crippen LogP contribution in [0.2, 0.25) is 0 Å². The summed E-state index contributed by atoms with van der Waals surface area (Å²) in [4.78, 5) is 21.8. The van der Waals surface area contributed by atoms with E-state index in [0.29, 0.717) is 6.29 Å². The third-order valence-electron chi connectivity index (χ3n) is 2.40. The average molecular weight is 178 g/mol. The monoisotopic (exact) mass is 178 g/mol. The van der Waals surface area contributed by atoms with Gasteiger partial charge in [0.05, 0.1) is 6.42 Å². The van der Waals surface area contributed by atoms with E-state index in [9.17, 15) is 9.59 Å². The van der Waals surface area contributed by atoms with Gasteiger partial charge in [-0.15, -0.1) is 0 Å². The highest BCUT2D eigenvalue weighted by Gasteiger charge is 2.30. The first-order chi connectivity index (χ1) is 6.08. The molecule has 0 bridgehead atoms. The largest absolute Gasteiger partial charge is 0.303 e. The van der Waals surface area contributed by atoms with Crippen molar-refractivity contribution in [3.05, 3.63) is 23.8 Å². The van der Waals surface area contributed by atoms with Crippen molar-refractivity contribution in [2.75, 3.05) is 0 Å². The number of carbonyl (C=O) groups is 2. The second kappa shape index (κ2) is 3.69. The van der Waals surface area contributed by atoms with Crippen molar-refractivity contribution in [3.63, 3.8) is 0 Å². The lowest BCUT2D eigenvalue weighted by Crippen LogP contribution is -2.27. The zero-order valence-electron chi connectivity index (χ0n) is 8.04. The van der Waals surface area contributed by atoms with Gasteiger partial charge < -0.3 is 4.79 Å². The van der Waals surface area contributed by atoms with Gasteiger partial charge in [-0.1, -0.05) is 23.8 Å². The SMILES string of the molecule is CC1=CC=CC(C)(C(=O)CC=O)C1. The van der Waals surface area contributed by atoms with Gasteiger partial charge >= 0.3 is 0 Å². The molecule has 1 aliphatic carbocycles. The Balaban J connectivity index is 2.78. The standard InChI is InChI=1S/C11H14O2/c1-9-4-3-6-11(2,8-9)10(13)5-7-12/h3-4,6-7H,5,8H2,1-2H3. The molecule has 0 radical (unpaired) electrons. The molecular weight excluding hydrogens is 164 g/mol. The number of allylic oxidation sites excluding steroid dienone is 4. The van der Waals surface area contributed by atoms with E-state index in [0.717, 1.165) is 6.42 Å². The highest BCUT2D eigenvalue weighted by Crippen LogP contribution is 2.32. The molecule has 2 nitrogen and oxygen atoms in total. The second-order valence-electron chi connectivity index (χ2n) is 3.76. The van der Waals surface area contributed by atoms with Crippen LogP contribution in [-0.4, -0.2) is 12.1 Å². The van der Waals surface area contributed by atoms with E-state index in [1.54, 1.807) is 0 Å². The smallest absolute Gasteiger partial charge is 0.149 e. The molecule has 1 unspecified atom stereocenters. The van der Waals surface area contributed by atoms with E-state index < -0.39 is 5.41 Å². The molecule has 0 fully saturated rings. The van der Waals surface area contributed by atoms with Gasteiger partial charge in [0.1, 0.15) is 12.1 Å². The molecule has 0 aromatic carbocycles. The van der Waals surface area contributed by atoms with E-state index in [1.807, 2.05) is 32.1 Å². The van der Waals surface area contributed by atoms with Crippen LogP contribution in [0.4, 0.5) is 0 Å². The molecule has 1 rings (SSSR count). The lowest BCUT2D eigenvalue weighted by atomic mass is 9.76. The summed E-state index contributed by atoms with van der Waals surface area (Å²) in [5.41, 5.74) is 0.726. The van der Waals surface area contributed by atoms with E-state index in [1.165, 1.54) is 5.57 Å². The Hall–Kier alpha value is -1.18. The van der Waals surface area contributed by atoms with Crippen LogP contribution in [-0.2, 0) is 9.59 Å². The van der Waals surface area contributed by atoms with E-state index in [-0.39, 0.29) is 12.2 Å². The summed E-state index contributed by atoms with van der Waals surface area (Å²) in [5, 5.41) is 0. The Kier molecular flexibility index (Phi) is 2.81. The van der Waals surface area contributed by atoms with Crippen molar-refractivity contribution in [3.8, 4) is 0 Å². The summed E-state index contributed by atoms with van der Waals surface area (Å²) < 4.78 is 0. The van der Waals surface area contributed by atoms with Gasteiger partial charge in [0.25, 0.3) is 0 Å². The first-order valence-electron chi connectivity index (χ1n) is 4.40. The van der Waals surface area contributed by atoms with Gasteiger partial charge in [-0.05, 0) is 20.3 Å². The third kappa shape index (κ3) is 2.14. The van der Waals surface area contributed by atoms with Gasteiger partial charge in [-0.3, -0.25) is 4.79 Å². The number of Topliss-reactive ketones (excluding diaryl/α,β-unsaturated/α-hetero) is 1. The first kappa shape index (κ1) is 9.90. The molecule has 13 heavy (non-hydrogen) atoms. The lowest BCUT2D eigenvalue weighted by Gasteiger charge is -2.26. The van der Waals surface area contributed by atoms with Crippen LogP contribution < -0.4 is 0 Å². The Bertz CT molecular complexity index is 286. The molecular formula is C11H14O2. The number of rotatable bonds is 3. The van der Waals surface area contributed by atoms with Gasteiger partial charge in [-0.25, -0.2) is 0 Å². The number of hydrogen-bond donors (Lipinski definition) is 0. The van der Waals surface area contributed by atoms with Crippen molar-refractivity contribution in [1.29, 1.82) is 0 Å². The maximum atomic E-state index is 11.6. The molecule has 0 saturated heterocycles. The highest BCUT2D eigenvalue weighted by molar-refractivity contribution is 5.95. The van der Waals surface area contributed by atoms with Gasteiger partial charge in [-0.2, -0.15) is 0 Å². The van der Waals surface area contributed by atoms with Gasteiger partial charge in [0, 0.05) is 5.41 Å². The molecule has 0 aliphatic heterocycles. The molecule has 0 spiro atoms.